The van der Waals surface area contributed by atoms with Crippen molar-refractivity contribution in [3.8, 4) is 0 Å². The van der Waals surface area contributed by atoms with E-state index in [1.807, 2.05) is 6.92 Å². The van der Waals surface area contributed by atoms with Crippen molar-refractivity contribution in [1.82, 2.24) is 5.32 Å². The average molecular weight is 293 g/mol. The number of hydrogen-bond acceptors (Lipinski definition) is 1. The van der Waals surface area contributed by atoms with Crippen LogP contribution in [0.3, 0.4) is 0 Å². The van der Waals surface area contributed by atoms with Gasteiger partial charge in [-0.3, -0.25) is 0 Å². The van der Waals surface area contributed by atoms with Gasteiger partial charge in [-0.1, -0.05) is 11.6 Å². The smallest absolute Gasteiger partial charge is 0.143 e. The quantitative estimate of drug-likeness (QED) is 0.776. The van der Waals surface area contributed by atoms with E-state index in [4.69, 9.17) is 11.6 Å². The minimum absolute atomic E-state index is 0.251. The second-order valence-corrected chi connectivity index (χ2v) is 5.34. The maximum atomic E-state index is 14.0. The Kier molecular flexibility index (Phi) is 3.06. The van der Waals surface area contributed by atoms with Crippen LogP contribution in [-0.4, -0.2) is 6.54 Å². The molecule has 1 aromatic rings. The third-order valence-corrected chi connectivity index (χ3v) is 3.89. The van der Waals surface area contributed by atoms with Crippen molar-refractivity contribution in [2.75, 3.05) is 6.54 Å². The second-order valence-electron chi connectivity index (χ2n) is 4.08. The predicted octanol–water partition coefficient (Wildman–Crippen LogP) is 3.84. The highest BCUT2D eigenvalue weighted by Crippen LogP contribution is 2.38. The highest BCUT2D eigenvalue weighted by molar-refractivity contribution is 9.10. The van der Waals surface area contributed by atoms with Crippen LogP contribution in [-0.2, 0) is 5.54 Å². The molecule has 15 heavy (non-hydrogen) atoms. The first kappa shape index (κ1) is 11.4. The Morgan fingerprint density at radius 1 is 1.53 bits per heavy atom. The van der Waals surface area contributed by atoms with Crippen LogP contribution in [0.4, 0.5) is 4.39 Å². The second kappa shape index (κ2) is 4.04. The van der Waals surface area contributed by atoms with Crippen molar-refractivity contribution in [3.63, 3.8) is 0 Å². The lowest BCUT2D eigenvalue weighted by Gasteiger charge is -2.27. The maximum absolute atomic E-state index is 14.0. The van der Waals surface area contributed by atoms with Crippen LogP contribution in [0.1, 0.15) is 25.3 Å². The van der Waals surface area contributed by atoms with Crippen LogP contribution >= 0.6 is 27.5 Å². The molecule has 1 saturated heterocycles. The Balaban J connectivity index is 2.55. The monoisotopic (exact) mass is 291 g/mol. The van der Waals surface area contributed by atoms with E-state index in [0.717, 1.165) is 19.4 Å². The Bertz CT molecular complexity index is 388. The molecule has 1 fully saturated rings. The zero-order chi connectivity index (χ0) is 11.1. The fourth-order valence-corrected chi connectivity index (χ4v) is 2.83. The molecule has 0 radical (unpaired) electrons. The lowest BCUT2D eigenvalue weighted by atomic mass is 9.90. The summed E-state index contributed by atoms with van der Waals surface area (Å²) in [5, 5.41) is 3.81. The van der Waals surface area contributed by atoms with Crippen molar-refractivity contribution < 1.29 is 4.39 Å². The Labute approximate surface area is 102 Å². The third-order valence-electron chi connectivity index (χ3n) is 2.96. The fourth-order valence-electron chi connectivity index (χ4n) is 2.14. The molecule has 82 valence electrons. The Morgan fingerprint density at radius 2 is 2.27 bits per heavy atom. The molecule has 0 bridgehead atoms. The normalized spacial score (nSPS) is 25.9. The lowest BCUT2D eigenvalue weighted by Crippen LogP contribution is -2.34. The number of halogens is 3. The van der Waals surface area contributed by atoms with Crippen LogP contribution in [0.2, 0.25) is 5.02 Å². The molecule has 0 amide bonds. The summed E-state index contributed by atoms with van der Waals surface area (Å²) >= 11 is 9.26. The summed E-state index contributed by atoms with van der Waals surface area (Å²) in [5.41, 5.74) is 0.251. The van der Waals surface area contributed by atoms with Gasteiger partial charge in [0.2, 0.25) is 0 Å². The molecule has 0 aromatic heterocycles. The number of rotatable bonds is 1. The summed E-state index contributed by atoms with van der Waals surface area (Å²) in [5.74, 6) is -0.251. The molecular weight excluding hydrogens is 280 g/mol. The summed E-state index contributed by atoms with van der Waals surface area (Å²) in [6, 6.07) is 3.37. The summed E-state index contributed by atoms with van der Waals surface area (Å²) in [6.07, 6.45) is 1.97. The summed E-state index contributed by atoms with van der Waals surface area (Å²) < 4.78 is 14.5. The molecule has 0 spiro atoms. The van der Waals surface area contributed by atoms with E-state index in [0.29, 0.717) is 15.1 Å². The van der Waals surface area contributed by atoms with Crippen molar-refractivity contribution in [1.29, 1.82) is 0 Å². The predicted molar refractivity (Wildman–Crippen MR) is 63.7 cm³/mol. The van der Waals surface area contributed by atoms with Crippen molar-refractivity contribution in [2.45, 2.75) is 25.3 Å². The highest BCUT2D eigenvalue weighted by atomic mass is 79.9. The molecular formula is C11H12BrClFN. The van der Waals surface area contributed by atoms with Gasteiger partial charge in [-0.05, 0) is 54.4 Å². The van der Waals surface area contributed by atoms with Crippen molar-refractivity contribution >= 4 is 27.5 Å². The van der Waals surface area contributed by atoms with Crippen molar-refractivity contribution in [3.05, 3.63) is 33.0 Å². The Hall–Kier alpha value is -0.120. The van der Waals surface area contributed by atoms with Crippen LogP contribution in [0, 0.1) is 5.82 Å². The van der Waals surface area contributed by atoms with Gasteiger partial charge in [0, 0.05) is 16.1 Å². The van der Waals surface area contributed by atoms with Gasteiger partial charge in [0.15, 0.2) is 0 Å². The topological polar surface area (TPSA) is 12.0 Å². The van der Waals surface area contributed by atoms with Gasteiger partial charge in [-0.15, -0.1) is 0 Å². The maximum Gasteiger partial charge on any atom is 0.143 e. The van der Waals surface area contributed by atoms with Gasteiger partial charge in [0.1, 0.15) is 5.82 Å². The van der Waals surface area contributed by atoms with E-state index in [-0.39, 0.29) is 11.4 Å². The van der Waals surface area contributed by atoms with E-state index >= 15 is 0 Å². The first-order valence-corrected chi connectivity index (χ1v) is 6.11. The molecule has 1 unspecified atom stereocenters. The largest absolute Gasteiger partial charge is 0.307 e. The van der Waals surface area contributed by atoms with Gasteiger partial charge in [-0.25, -0.2) is 4.39 Å². The molecule has 1 aromatic carbocycles. The zero-order valence-electron chi connectivity index (χ0n) is 8.41. The van der Waals surface area contributed by atoms with E-state index in [9.17, 15) is 4.39 Å². The summed E-state index contributed by atoms with van der Waals surface area (Å²) in [6.45, 7) is 2.91. The average Bonchev–Trinajstić information content (AvgIpc) is 2.60. The number of hydrogen-bond donors (Lipinski definition) is 1. The van der Waals surface area contributed by atoms with Crippen LogP contribution in [0.5, 0.6) is 0 Å². The molecule has 1 N–H and O–H groups in total. The van der Waals surface area contributed by atoms with Crippen LogP contribution in [0.15, 0.2) is 16.6 Å². The van der Waals surface area contributed by atoms with Crippen molar-refractivity contribution in [2.24, 2.45) is 0 Å². The van der Waals surface area contributed by atoms with Crippen LogP contribution in [0.25, 0.3) is 0 Å². The molecule has 1 aliphatic heterocycles. The molecule has 2 rings (SSSR count). The van der Waals surface area contributed by atoms with Gasteiger partial charge < -0.3 is 5.32 Å². The summed E-state index contributed by atoms with van der Waals surface area (Å²) in [4.78, 5) is 0. The minimum atomic E-state index is -0.328. The van der Waals surface area contributed by atoms with E-state index in [2.05, 4.69) is 21.2 Å². The number of benzene rings is 1. The molecule has 1 nitrogen and oxygen atoms in total. The minimum Gasteiger partial charge on any atom is -0.307 e. The fraction of sp³-hybridized carbons (Fsp3) is 0.455. The molecule has 0 aliphatic carbocycles. The molecule has 4 heteroatoms. The summed E-state index contributed by atoms with van der Waals surface area (Å²) in [7, 11) is 0. The molecule has 1 heterocycles. The van der Waals surface area contributed by atoms with E-state index < -0.39 is 0 Å². The SMILES string of the molecule is CC1(c2c(Cl)ccc(Br)c2F)CCCN1. The first-order chi connectivity index (χ1) is 7.04. The zero-order valence-corrected chi connectivity index (χ0v) is 10.8. The van der Waals surface area contributed by atoms with Gasteiger partial charge >= 0.3 is 0 Å². The van der Waals surface area contributed by atoms with Gasteiger partial charge in [-0.2, -0.15) is 0 Å². The van der Waals surface area contributed by atoms with E-state index in [1.165, 1.54) is 0 Å². The number of nitrogens with one attached hydrogen (secondary N) is 1. The standard InChI is InChI=1S/C11H12BrClFN/c1-11(5-2-6-15-11)9-8(13)4-3-7(12)10(9)14/h3-4,15H,2,5-6H2,1H3. The highest BCUT2D eigenvalue weighted by Gasteiger charge is 2.35. The van der Waals surface area contributed by atoms with Crippen LogP contribution < -0.4 is 5.32 Å². The Morgan fingerprint density at radius 3 is 2.87 bits per heavy atom. The van der Waals surface area contributed by atoms with Gasteiger partial charge in [0.05, 0.1) is 4.47 Å². The first-order valence-electron chi connectivity index (χ1n) is 4.93. The molecule has 0 saturated carbocycles. The van der Waals surface area contributed by atoms with E-state index in [1.54, 1.807) is 12.1 Å². The molecule has 1 atom stereocenters. The third kappa shape index (κ3) is 1.93. The van der Waals surface area contributed by atoms with Gasteiger partial charge in [0.25, 0.3) is 0 Å². The molecule has 1 aliphatic rings. The lowest BCUT2D eigenvalue weighted by molar-refractivity contribution is 0.410.